The highest BCUT2D eigenvalue weighted by atomic mass is 35.5. The van der Waals surface area contributed by atoms with Gasteiger partial charge in [-0.3, -0.25) is 9.78 Å². The topological polar surface area (TPSA) is 42.0 Å². The van der Waals surface area contributed by atoms with Gasteiger partial charge in [-0.2, -0.15) is 0 Å². The molecule has 0 spiro atoms. The lowest BCUT2D eigenvalue weighted by atomic mass is 10.2. The van der Waals surface area contributed by atoms with Crippen LogP contribution in [-0.2, 0) is 0 Å². The zero-order valence-corrected chi connectivity index (χ0v) is 8.79. The van der Waals surface area contributed by atoms with Gasteiger partial charge in [-0.15, -0.1) is 11.6 Å². The van der Waals surface area contributed by atoms with Gasteiger partial charge in [-0.1, -0.05) is 0 Å². The Bertz CT molecular complexity index is 289. The molecule has 0 aromatic carbocycles. The summed E-state index contributed by atoms with van der Waals surface area (Å²) in [6, 6.07) is 3.57. The van der Waals surface area contributed by atoms with Crippen LogP contribution in [0.1, 0.15) is 23.7 Å². The van der Waals surface area contributed by atoms with E-state index in [-0.39, 0.29) is 11.9 Å². The summed E-state index contributed by atoms with van der Waals surface area (Å²) in [4.78, 5) is 15.4. The summed E-state index contributed by atoms with van der Waals surface area (Å²) in [5, 5.41) is 2.83. The van der Waals surface area contributed by atoms with Crippen LogP contribution in [-0.4, -0.2) is 22.8 Å². The number of nitrogens with zero attached hydrogens (tertiary/aromatic N) is 1. The van der Waals surface area contributed by atoms with Gasteiger partial charge in [0, 0.05) is 24.3 Å². The van der Waals surface area contributed by atoms with Crippen LogP contribution in [0.2, 0.25) is 0 Å². The molecule has 76 valence electrons. The number of amides is 1. The monoisotopic (exact) mass is 212 g/mol. The average Bonchev–Trinajstić information content (AvgIpc) is 2.19. The molecule has 1 rings (SSSR count). The predicted octanol–water partition coefficient (Wildman–Crippen LogP) is 1.83. The lowest BCUT2D eigenvalue weighted by Gasteiger charge is -2.11. The largest absolute Gasteiger partial charge is 0.349 e. The third-order valence-corrected chi connectivity index (χ3v) is 2.06. The molecular formula is C10H13ClN2O. The number of alkyl halides is 1. The van der Waals surface area contributed by atoms with E-state index in [0.29, 0.717) is 11.4 Å². The van der Waals surface area contributed by atoms with Crippen molar-refractivity contribution in [1.82, 2.24) is 10.3 Å². The number of carbonyl (C=O) groups excluding carboxylic acids is 1. The first-order chi connectivity index (χ1) is 6.74. The summed E-state index contributed by atoms with van der Waals surface area (Å²) in [5.74, 6) is 0.449. The van der Waals surface area contributed by atoms with Crippen molar-refractivity contribution < 1.29 is 4.79 Å². The number of carbonyl (C=O) groups is 1. The van der Waals surface area contributed by atoms with Gasteiger partial charge < -0.3 is 5.32 Å². The molecule has 1 unspecified atom stereocenters. The van der Waals surface area contributed by atoms with Crippen LogP contribution in [0.15, 0.2) is 24.5 Å². The van der Waals surface area contributed by atoms with Crippen molar-refractivity contribution in [2.24, 2.45) is 0 Å². The highest BCUT2D eigenvalue weighted by Gasteiger charge is 2.08. The number of hydrogen-bond acceptors (Lipinski definition) is 2. The van der Waals surface area contributed by atoms with E-state index in [0.717, 1.165) is 6.42 Å². The molecule has 0 fully saturated rings. The number of hydrogen-bond donors (Lipinski definition) is 1. The maximum atomic E-state index is 11.5. The highest BCUT2D eigenvalue weighted by molar-refractivity contribution is 6.17. The Labute approximate surface area is 88.5 Å². The molecule has 0 aliphatic carbocycles. The van der Waals surface area contributed by atoms with Gasteiger partial charge in [0.25, 0.3) is 5.91 Å². The molecule has 1 aromatic heterocycles. The smallest absolute Gasteiger partial charge is 0.253 e. The number of aromatic nitrogens is 1. The van der Waals surface area contributed by atoms with E-state index in [1.54, 1.807) is 24.5 Å². The molecule has 4 heteroatoms. The highest BCUT2D eigenvalue weighted by Crippen LogP contribution is 1.98. The fourth-order valence-electron chi connectivity index (χ4n) is 1.04. The van der Waals surface area contributed by atoms with E-state index >= 15 is 0 Å². The summed E-state index contributed by atoms with van der Waals surface area (Å²) in [5.41, 5.74) is 0.578. The zero-order valence-electron chi connectivity index (χ0n) is 8.03. The maximum Gasteiger partial charge on any atom is 0.253 e. The van der Waals surface area contributed by atoms with Crippen LogP contribution >= 0.6 is 11.6 Å². The van der Waals surface area contributed by atoms with Crippen LogP contribution in [0.3, 0.4) is 0 Å². The second-order valence-corrected chi connectivity index (χ2v) is 3.47. The molecule has 1 amide bonds. The second kappa shape index (κ2) is 5.60. The van der Waals surface area contributed by atoms with E-state index in [9.17, 15) is 4.79 Å². The van der Waals surface area contributed by atoms with Crippen LogP contribution in [0, 0.1) is 0 Å². The quantitative estimate of drug-likeness (QED) is 0.774. The Morgan fingerprint density at radius 1 is 1.71 bits per heavy atom. The number of nitrogens with one attached hydrogen (secondary N) is 1. The maximum absolute atomic E-state index is 11.5. The molecule has 0 aliphatic rings. The molecule has 0 saturated carbocycles. The van der Waals surface area contributed by atoms with Crippen molar-refractivity contribution in [3.63, 3.8) is 0 Å². The van der Waals surface area contributed by atoms with Crippen molar-refractivity contribution in [3.05, 3.63) is 30.1 Å². The molecule has 0 saturated heterocycles. The normalized spacial score (nSPS) is 12.1. The van der Waals surface area contributed by atoms with Crippen LogP contribution < -0.4 is 5.32 Å². The van der Waals surface area contributed by atoms with Gasteiger partial charge in [-0.05, 0) is 25.5 Å². The summed E-state index contributed by atoms with van der Waals surface area (Å²) in [6.07, 6.45) is 3.95. The first-order valence-corrected chi connectivity index (χ1v) is 5.04. The Morgan fingerprint density at radius 3 is 3.07 bits per heavy atom. The van der Waals surface area contributed by atoms with E-state index < -0.39 is 0 Å². The van der Waals surface area contributed by atoms with Crippen LogP contribution in [0.25, 0.3) is 0 Å². The molecule has 1 N–H and O–H groups in total. The fourth-order valence-corrected chi connectivity index (χ4v) is 1.37. The minimum atomic E-state index is -0.101. The van der Waals surface area contributed by atoms with Crippen molar-refractivity contribution in [2.45, 2.75) is 19.4 Å². The van der Waals surface area contributed by atoms with Gasteiger partial charge in [0.05, 0.1) is 5.56 Å². The Balaban J connectivity index is 2.51. The summed E-state index contributed by atoms with van der Waals surface area (Å²) >= 11 is 5.56. The molecule has 0 radical (unpaired) electrons. The minimum Gasteiger partial charge on any atom is -0.349 e. The minimum absolute atomic E-state index is 0.0974. The number of rotatable bonds is 4. The van der Waals surface area contributed by atoms with Gasteiger partial charge in [0.1, 0.15) is 0 Å². The molecule has 0 aliphatic heterocycles. The van der Waals surface area contributed by atoms with E-state index in [1.807, 2.05) is 6.92 Å². The summed E-state index contributed by atoms with van der Waals surface area (Å²) in [6.45, 7) is 1.93. The Kier molecular flexibility index (Phi) is 4.40. The van der Waals surface area contributed by atoms with Crippen molar-refractivity contribution in [3.8, 4) is 0 Å². The molecule has 0 bridgehead atoms. The SMILES string of the molecule is CC(CCCl)NC(=O)c1cccnc1. The number of pyridine rings is 1. The van der Waals surface area contributed by atoms with Crippen LogP contribution in [0.5, 0.6) is 0 Å². The molecule has 1 heterocycles. The van der Waals surface area contributed by atoms with E-state index in [4.69, 9.17) is 11.6 Å². The molecule has 3 nitrogen and oxygen atoms in total. The first-order valence-electron chi connectivity index (χ1n) is 4.51. The lowest BCUT2D eigenvalue weighted by Crippen LogP contribution is -2.32. The molecule has 1 aromatic rings. The zero-order chi connectivity index (χ0) is 10.4. The standard InChI is InChI=1S/C10H13ClN2O/c1-8(4-5-11)13-10(14)9-3-2-6-12-7-9/h2-3,6-8H,4-5H2,1H3,(H,13,14). The molecule has 14 heavy (non-hydrogen) atoms. The van der Waals surface area contributed by atoms with E-state index in [2.05, 4.69) is 10.3 Å². The summed E-state index contributed by atoms with van der Waals surface area (Å²) in [7, 11) is 0. The lowest BCUT2D eigenvalue weighted by molar-refractivity contribution is 0.0939. The van der Waals surface area contributed by atoms with Gasteiger partial charge in [0.15, 0.2) is 0 Å². The number of halogens is 1. The van der Waals surface area contributed by atoms with Crippen molar-refractivity contribution in [2.75, 3.05) is 5.88 Å². The van der Waals surface area contributed by atoms with Crippen molar-refractivity contribution >= 4 is 17.5 Å². The van der Waals surface area contributed by atoms with E-state index in [1.165, 1.54) is 0 Å². The fraction of sp³-hybridized carbons (Fsp3) is 0.400. The third-order valence-electron chi connectivity index (χ3n) is 1.84. The Morgan fingerprint density at radius 2 is 2.50 bits per heavy atom. The first kappa shape index (κ1) is 11.0. The molecule has 1 atom stereocenters. The summed E-state index contributed by atoms with van der Waals surface area (Å²) < 4.78 is 0. The predicted molar refractivity (Wildman–Crippen MR) is 56.5 cm³/mol. The third kappa shape index (κ3) is 3.34. The average molecular weight is 213 g/mol. The van der Waals surface area contributed by atoms with Gasteiger partial charge in [0.2, 0.25) is 0 Å². The van der Waals surface area contributed by atoms with Crippen molar-refractivity contribution in [1.29, 1.82) is 0 Å². The Hall–Kier alpha value is -1.09. The molecular weight excluding hydrogens is 200 g/mol. The van der Waals surface area contributed by atoms with Gasteiger partial charge >= 0.3 is 0 Å². The van der Waals surface area contributed by atoms with Crippen LogP contribution in [0.4, 0.5) is 0 Å². The van der Waals surface area contributed by atoms with Gasteiger partial charge in [-0.25, -0.2) is 0 Å². The second-order valence-electron chi connectivity index (χ2n) is 3.09.